The van der Waals surface area contributed by atoms with Gasteiger partial charge in [-0.1, -0.05) is 6.92 Å². The van der Waals surface area contributed by atoms with E-state index < -0.39 is 9.84 Å². The van der Waals surface area contributed by atoms with Crippen molar-refractivity contribution in [1.29, 1.82) is 0 Å². The summed E-state index contributed by atoms with van der Waals surface area (Å²) in [5.74, 6) is 1.56. The minimum Gasteiger partial charge on any atom is -0.394 e. The maximum absolute atomic E-state index is 11.6. The number of aliphatic hydroxyl groups is 1. The molecule has 26 heavy (non-hydrogen) atoms. The zero-order valence-corrected chi connectivity index (χ0v) is 15.2. The highest BCUT2D eigenvalue weighted by Gasteiger charge is 2.12. The Morgan fingerprint density at radius 2 is 2.00 bits per heavy atom. The van der Waals surface area contributed by atoms with Crippen molar-refractivity contribution in [2.24, 2.45) is 0 Å². The van der Waals surface area contributed by atoms with Crippen LogP contribution in [0, 0.1) is 0 Å². The molecule has 0 radical (unpaired) electrons. The molecular formula is C16H20N6O3S. The predicted molar refractivity (Wildman–Crippen MR) is 98.4 cm³/mol. The van der Waals surface area contributed by atoms with Gasteiger partial charge in [0.25, 0.3) is 5.78 Å². The van der Waals surface area contributed by atoms with Crippen molar-refractivity contribution >= 4 is 32.9 Å². The molecule has 3 rings (SSSR count). The molecular weight excluding hydrogens is 356 g/mol. The molecule has 0 saturated carbocycles. The van der Waals surface area contributed by atoms with Crippen LogP contribution < -0.4 is 10.6 Å². The van der Waals surface area contributed by atoms with Gasteiger partial charge in [0, 0.05) is 18.0 Å². The van der Waals surface area contributed by atoms with Crippen molar-refractivity contribution in [1.82, 2.24) is 19.6 Å². The Morgan fingerprint density at radius 3 is 2.62 bits per heavy atom. The number of rotatable bonds is 7. The van der Waals surface area contributed by atoms with Gasteiger partial charge in [-0.3, -0.25) is 0 Å². The molecule has 0 aliphatic carbocycles. The van der Waals surface area contributed by atoms with E-state index in [9.17, 15) is 13.5 Å². The lowest BCUT2D eigenvalue weighted by Crippen LogP contribution is -2.23. The number of hydrogen-bond donors (Lipinski definition) is 3. The Labute approximate surface area is 151 Å². The third kappa shape index (κ3) is 3.92. The summed E-state index contributed by atoms with van der Waals surface area (Å²) in [5.41, 5.74) is 0.695. The Morgan fingerprint density at radius 1 is 1.27 bits per heavy atom. The van der Waals surface area contributed by atoms with E-state index in [-0.39, 0.29) is 17.5 Å². The maximum Gasteiger partial charge on any atom is 0.256 e. The first-order valence-corrected chi connectivity index (χ1v) is 9.95. The third-order valence-corrected chi connectivity index (χ3v) is 5.00. The summed E-state index contributed by atoms with van der Waals surface area (Å²) in [4.78, 5) is 8.72. The quantitative estimate of drug-likeness (QED) is 0.566. The summed E-state index contributed by atoms with van der Waals surface area (Å²) in [6.45, 7) is 1.96. The van der Waals surface area contributed by atoms with Gasteiger partial charge in [0.15, 0.2) is 9.84 Å². The molecule has 0 aliphatic rings. The van der Waals surface area contributed by atoms with Crippen LogP contribution in [0.25, 0.3) is 5.78 Å². The highest BCUT2D eigenvalue weighted by atomic mass is 32.2. The van der Waals surface area contributed by atoms with Crippen molar-refractivity contribution in [2.75, 3.05) is 23.5 Å². The number of sulfone groups is 1. The van der Waals surface area contributed by atoms with Gasteiger partial charge >= 0.3 is 0 Å². The predicted octanol–water partition coefficient (Wildman–Crippen LogP) is 1.45. The molecule has 0 saturated heterocycles. The zero-order chi connectivity index (χ0) is 18.7. The lowest BCUT2D eigenvalue weighted by Gasteiger charge is -2.16. The van der Waals surface area contributed by atoms with Gasteiger partial charge < -0.3 is 15.7 Å². The molecule has 0 fully saturated rings. The summed E-state index contributed by atoms with van der Waals surface area (Å²) in [6, 6.07) is 8.06. The van der Waals surface area contributed by atoms with Crippen LogP contribution >= 0.6 is 0 Å². The highest BCUT2D eigenvalue weighted by Crippen LogP contribution is 2.21. The zero-order valence-electron chi connectivity index (χ0n) is 14.4. The van der Waals surface area contributed by atoms with Crippen LogP contribution in [0.15, 0.2) is 41.6 Å². The van der Waals surface area contributed by atoms with Crippen molar-refractivity contribution in [3.8, 4) is 0 Å². The van der Waals surface area contributed by atoms with Crippen LogP contribution in [0.4, 0.5) is 17.3 Å². The van der Waals surface area contributed by atoms with E-state index in [1.165, 1.54) is 29.2 Å². The Kier molecular flexibility index (Phi) is 5.05. The third-order valence-electron chi connectivity index (χ3n) is 3.87. The average molecular weight is 376 g/mol. The first-order valence-electron chi connectivity index (χ1n) is 8.06. The minimum atomic E-state index is -3.24. The molecule has 3 aromatic rings. The molecule has 3 N–H and O–H groups in total. The molecule has 10 heteroatoms. The number of nitrogens with one attached hydrogen (secondary N) is 2. The first-order chi connectivity index (χ1) is 12.4. The fraction of sp³-hybridized carbons (Fsp3) is 0.312. The molecule has 1 atom stereocenters. The second kappa shape index (κ2) is 7.26. The van der Waals surface area contributed by atoms with Gasteiger partial charge in [0.05, 0.1) is 17.5 Å². The van der Waals surface area contributed by atoms with Gasteiger partial charge in [-0.25, -0.2) is 8.42 Å². The van der Waals surface area contributed by atoms with Crippen molar-refractivity contribution < 1.29 is 13.5 Å². The number of anilines is 3. The monoisotopic (exact) mass is 376 g/mol. The number of benzene rings is 1. The van der Waals surface area contributed by atoms with Gasteiger partial charge in [-0.15, -0.1) is 0 Å². The topological polar surface area (TPSA) is 122 Å². The standard InChI is InChI=1S/C16H20N6O3S/c1-3-11(9-23)19-14-8-15(22-16(21-14)17-10-18-22)20-12-4-6-13(7-5-12)26(2,24)25/h4-8,10-11,20,23H,3,9H2,1-2H3,(H,17,18,19,21)/t11-/m1/s1. The summed E-state index contributed by atoms with van der Waals surface area (Å²) in [6.07, 6.45) is 3.31. The number of fused-ring (bicyclic) bond motifs is 1. The highest BCUT2D eigenvalue weighted by molar-refractivity contribution is 7.90. The normalized spacial score (nSPS) is 12.9. The summed E-state index contributed by atoms with van der Waals surface area (Å²) in [5, 5.41) is 19.8. The molecule has 0 bridgehead atoms. The lowest BCUT2D eigenvalue weighted by atomic mass is 10.2. The van der Waals surface area contributed by atoms with Crippen molar-refractivity contribution in [2.45, 2.75) is 24.3 Å². The van der Waals surface area contributed by atoms with Crippen LogP contribution in [-0.4, -0.2) is 52.0 Å². The molecule has 0 spiro atoms. The molecule has 9 nitrogen and oxygen atoms in total. The van der Waals surface area contributed by atoms with Gasteiger partial charge in [-0.2, -0.15) is 19.6 Å². The summed E-state index contributed by atoms with van der Waals surface area (Å²) >= 11 is 0. The van der Waals surface area contributed by atoms with E-state index in [2.05, 4.69) is 25.7 Å². The largest absolute Gasteiger partial charge is 0.394 e. The fourth-order valence-corrected chi connectivity index (χ4v) is 3.02. The summed E-state index contributed by atoms with van der Waals surface area (Å²) < 4.78 is 24.7. The number of hydrogen-bond acceptors (Lipinski definition) is 8. The Bertz CT molecular complexity index is 997. The minimum absolute atomic E-state index is 0.00817. The van der Waals surface area contributed by atoms with Gasteiger partial charge in [0.1, 0.15) is 18.0 Å². The van der Waals surface area contributed by atoms with E-state index in [0.29, 0.717) is 23.1 Å². The molecule has 0 unspecified atom stereocenters. The first kappa shape index (κ1) is 18.1. The number of aromatic nitrogens is 4. The average Bonchev–Trinajstić information content (AvgIpc) is 3.08. The smallest absolute Gasteiger partial charge is 0.256 e. The maximum atomic E-state index is 11.6. The van der Waals surface area contributed by atoms with E-state index in [1.807, 2.05) is 6.92 Å². The van der Waals surface area contributed by atoms with Crippen LogP contribution in [0.3, 0.4) is 0 Å². The van der Waals surface area contributed by atoms with Crippen molar-refractivity contribution in [3.63, 3.8) is 0 Å². The van der Waals surface area contributed by atoms with Crippen LogP contribution in [-0.2, 0) is 9.84 Å². The molecule has 138 valence electrons. The lowest BCUT2D eigenvalue weighted by molar-refractivity contribution is 0.271. The van der Waals surface area contributed by atoms with Gasteiger partial charge in [-0.05, 0) is 30.7 Å². The number of aliphatic hydroxyl groups excluding tert-OH is 1. The van der Waals surface area contributed by atoms with Crippen LogP contribution in [0.5, 0.6) is 0 Å². The van der Waals surface area contributed by atoms with E-state index >= 15 is 0 Å². The van der Waals surface area contributed by atoms with Crippen LogP contribution in [0.2, 0.25) is 0 Å². The Balaban J connectivity index is 1.92. The molecule has 2 aromatic heterocycles. The Hall–Kier alpha value is -2.72. The number of nitrogens with zero attached hydrogens (tertiary/aromatic N) is 4. The van der Waals surface area contributed by atoms with Crippen LogP contribution in [0.1, 0.15) is 13.3 Å². The second-order valence-corrected chi connectivity index (χ2v) is 7.87. The molecule has 0 amide bonds. The van der Waals surface area contributed by atoms with E-state index in [1.54, 1.807) is 18.2 Å². The summed E-state index contributed by atoms with van der Waals surface area (Å²) in [7, 11) is -3.24. The van der Waals surface area contributed by atoms with Crippen molar-refractivity contribution in [3.05, 3.63) is 36.7 Å². The molecule has 1 aromatic carbocycles. The fourth-order valence-electron chi connectivity index (χ4n) is 2.39. The SMILES string of the molecule is CC[C@H](CO)Nc1cc(Nc2ccc(S(C)(=O)=O)cc2)n2ncnc2n1. The molecule has 2 heterocycles. The van der Waals surface area contributed by atoms with E-state index in [4.69, 9.17) is 0 Å². The second-order valence-electron chi connectivity index (χ2n) is 5.85. The molecule has 0 aliphatic heterocycles. The van der Waals surface area contributed by atoms with E-state index in [0.717, 1.165) is 6.42 Å². The van der Waals surface area contributed by atoms with Gasteiger partial charge in [0.2, 0.25) is 0 Å².